The number of rotatable bonds is 6. The summed E-state index contributed by atoms with van der Waals surface area (Å²) in [5.74, 6) is 0. The summed E-state index contributed by atoms with van der Waals surface area (Å²) in [4.78, 5) is 0. The van der Waals surface area contributed by atoms with Crippen LogP contribution >= 0.6 is 0 Å². The molecule has 0 bridgehead atoms. The number of aliphatic hydroxyl groups excluding tert-OH is 1. The normalized spacial score (nSPS) is 24.9. The van der Waals surface area contributed by atoms with E-state index in [1.54, 1.807) is 0 Å². The summed E-state index contributed by atoms with van der Waals surface area (Å²) >= 11 is 0. The summed E-state index contributed by atoms with van der Waals surface area (Å²) in [6.45, 7) is 3.09. The standard InChI is InChI=1S/C12H24O2/c1-2-3-6-11(13)8-9-12-7-4-5-10-14-12/h11-13H,2-10H2,1H3. The minimum Gasteiger partial charge on any atom is -0.393 e. The van der Waals surface area contributed by atoms with E-state index in [1.807, 2.05) is 0 Å². The molecular formula is C12H24O2. The lowest BCUT2D eigenvalue weighted by Crippen LogP contribution is -2.21. The fraction of sp³-hybridized carbons (Fsp3) is 1.00. The van der Waals surface area contributed by atoms with Crippen molar-refractivity contribution in [2.75, 3.05) is 6.61 Å². The maximum Gasteiger partial charge on any atom is 0.0576 e. The Labute approximate surface area is 87.7 Å². The van der Waals surface area contributed by atoms with Crippen molar-refractivity contribution in [3.8, 4) is 0 Å². The smallest absolute Gasteiger partial charge is 0.0576 e. The third-order valence-corrected chi connectivity index (χ3v) is 2.99. The van der Waals surface area contributed by atoms with Crippen molar-refractivity contribution in [2.45, 2.75) is 70.5 Å². The Morgan fingerprint density at radius 2 is 2.21 bits per heavy atom. The first-order valence-electron chi connectivity index (χ1n) is 6.12. The Morgan fingerprint density at radius 1 is 1.36 bits per heavy atom. The maximum atomic E-state index is 9.66. The highest BCUT2D eigenvalue weighted by molar-refractivity contribution is 4.66. The molecule has 1 N–H and O–H groups in total. The molecule has 1 heterocycles. The van der Waals surface area contributed by atoms with Gasteiger partial charge in [0, 0.05) is 6.61 Å². The Balaban J connectivity index is 2.00. The number of hydrogen-bond acceptors (Lipinski definition) is 2. The van der Waals surface area contributed by atoms with Crippen LogP contribution in [0.1, 0.15) is 58.3 Å². The van der Waals surface area contributed by atoms with Crippen LogP contribution in [-0.2, 0) is 4.74 Å². The molecule has 0 radical (unpaired) electrons. The predicted octanol–water partition coefficient (Wildman–Crippen LogP) is 2.89. The van der Waals surface area contributed by atoms with E-state index in [1.165, 1.54) is 25.7 Å². The lowest BCUT2D eigenvalue weighted by Gasteiger charge is -2.23. The first-order valence-corrected chi connectivity index (χ1v) is 6.12. The van der Waals surface area contributed by atoms with Gasteiger partial charge in [0.25, 0.3) is 0 Å². The second kappa shape index (κ2) is 7.24. The molecule has 0 spiro atoms. The van der Waals surface area contributed by atoms with Crippen LogP contribution in [0.2, 0.25) is 0 Å². The Morgan fingerprint density at radius 3 is 2.86 bits per heavy atom. The highest BCUT2D eigenvalue weighted by Gasteiger charge is 2.15. The van der Waals surface area contributed by atoms with Gasteiger partial charge < -0.3 is 9.84 Å². The lowest BCUT2D eigenvalue weighted by atomic mass is 10.0. The third-order valence-electron chi connectivity index (χ3n) is 2.99. The van der Waals surface area contributed by atoms with Gasteiger partial charge in [0.05, 0.1) is 12.2 Å². The van der Waals surface area contributed by atoms with Crippen LogP contribution in [0.3, 0.4) is 0 Å². The molecule has 2 atom stereocenters. The minimum absolute atomic E-state index is 0.0968. The van der Waals surface area contributed by atoms with Gasteiger partial charge in [0.15, 0.2) is 0 Å². The van der Waals surface area contributed by atoms with Crippen LogP contribution in [0.15, 0.2) is 0 Å². The highest BCUT2D eigenvalue weighted by atomic mass is 16.5. The van der Waals surface area contributed by atoms with Crippen molar-refractivity contribution in [1.29, 1.82) is 0 Å². The molecule has 14 heavy (non-hydrogen) atoms. The summed E-state index contributed by atoms with van der Waals surface area (Å²) in [7, 11) is 0. The van der Waals surface area contributed by atoms with Crippen molar-refractivity contribution in [1.82, 2.24) is 0 Å². The van der Waals surface area contributed by atoms with Gasteiger partial charge in [0.1, 0.15) is 0 Å². The van der Waals surface area contributed by atoms with Crippen LogP contribution in [0.25, 0.3) is 0 Å². The van der Waals surface area contributed by atoms with Gasteiger partial charge in [0.2, 0.25) is 0 Å². The summed E-state index contributed by atoms with van der Waals surface area (Å²) in [5.41, 5.74) is 0. The predicted molar refractivity (Wildman–Crippen MR) is 58.4 cm³/mol. The average Bonchev–Trinajstić information content (AvgIpc) is 2.25. The quantitative estimate of drug-likeness (QED) is 0.714. The number of aliphatic hydroxyl groups is 1. The molecule has 1 aliphatic rings. The molecule has 0 aromatic carbocycles. The van der Waals surface area contributed by atoms with E-state index in [9.17, 15) is 5.11 Å². The topological polar surface area (TPSA) is 29.5 Å². The molecule has 1 fully saturated rings. The van der Waals surface area contributed by atoms with Crippen LogP contribution in [0.5, 0.6) is 0 Å². The maximum absolute atomic E-state index is 9.66. The van der Waals surface area contributed by atoms with Crippen molar-refractivity contribution in [3.05, 3.63) is 0 Å². The van der Waals surface area contributed by atoms with E-state index >= 15 is 0 Å². The molecule has 2 nitrogen and oxygen atoms in total. The van der Waals surface area contributed by atoms with E-state index < -0.39 is 0 Å². The van der Waals surface area contributed by atoms with E-state index in [4.69, 9.17) is 4.74 Å². The molecule has 2 heteroatoms. The van der Waals surface area contributed by atoms with Gasteiger partial charge in [-0.25, -0.2) is 0 Å². The van der Waals surface area contributed by atoms with E-state index in [-0.39, 0.29) is 6.10 Å². The lowest BCUT2D eigenvalue weighted by molar-refractivity contribution is 0.00162. The Hall–Kier alpha value is -0.0800. The molecule has 0 amide bonds. The van der Waals surface area contributed by atoms with Crippen LogP contribution in [0, 0.1) is 0 Å². The second-order valence-corrected chi connectivity index (χ2v) is 4.36. The molecule has 0 aromatic rings. The monoisotopic (exact) mass is 200 g/mol. The first kappa shape index (κ1) is 12.0. The third kappa shape index (κ3) is 4.97. The summed E-state index contributed by atoms with van der Waals surface area (Å²) in [5, 5.41) is 9.66. The molecule has 1 rings (SSSR count). The van der Waals surface area contributed by atoms with Gasteiger partial charge in [-0.15, -0.1) is 0 Å². The molecular weight excluding hydrogens is 176 g/mol. The van der Waals surface area contributed by atoms with E-state index in [2.05, 4.69) is 6.92 Å². The van der Waals surface area contributed by atoms with Crippen molar-refractivity contribution in [2.24, 2.45) is 0 Å². The van der Waals surface area contributed by atoms with Crippen LogP contribution in [0.4, 0.5) is 0 Å². The zero-order chi connectivity index (χ0) is 10.2. The zero-order valence-corrected chi connectivity index (χ0v) is 9.37. The molecule has 0 aromatic heterocycles. The summed E-state index contributed by atoms with van der Waals surface area (Å²) in [6, 6.07) is 0. The van der Waals surface area contributed by atoms with Gasteiger partial charge in [-0.05, 0) is 38.5 Å². The van der Waals surface area contributed by atoms with Gasteiger partial charge in [-0.1, -0.05) is 19.8 Å². The van der Waals surface area contributed by atoms with Crippen molar-refractivity contribution < 1.29 is 9.84 Å². The van der Waals surface area contributed by atoms with Gasteiger partial charge in [-0.2, -0.15) is 0 Å². The molecule has 84 valence electrons. The summed E-state index contributed by atoms with van der Waals surface area (Å²) < 4.78 is 5.62. The van der Waals surface area contributed by atoms with Crippen molar-refractivity contribution in [3.63, 3.8) is 0 Å². The number of unbranched alkanes of at least 4 members (excludes halogenated alkanes) is 1. The largest absolute Gasteiger partial charge is 0.393 e. The molecule has 0 saturated carbocycles. The fourth-order valence-electron chi connectivity index (χ4n) is 2.00. The molecule has 2 unspecified atom stereocenters. The molecule has 1 saturated heterocycles. The van der Waals surface area contributed by atoms with Gasteiger partial charge >= 0.3 is 0 Å². The van der Waals surface area contributed by atoms with Crippen molar-refractivity contribution >= 4 is 0 Å². The van der Waals surface area contributed by atoms with E-state index in [0.29, 0.717) is 6.10 Å². The number of hydrogen-bond donors (Lipinski definition) is 1. The molecule has 0 aliphatic carbocycles. The molecule has 1 aliphatic heterocycles. The van der Waals surface area contributed by atoms with Crippen LogP contribution < -0.4 is 0 Å². The second-order valence-electron chi connectivity index (χ2n) is 4.36. The SMILES string of the molecule is CCCCC(O)CCC1CCCCO1. The highest BCUT2D eigenvalue weighted by Crippen LogP contribution is 2.18. The van der Waals surface area contributed by atoms with E-state index in [0.717, 1.165) is 32.3 Å². The van der Waals surface area contributed by atoms with Crippen LogP contribution in [-0.4, -0.2) is 23.9 Å². The fourth-order valence-corrected chi connectivity index (χ4v) is 2.00. The minimum atomic E-state index is -0.0968. The Bertz CT molecular complexity index is 130. The zero-order valence-electron chi connectivity index (χ0n) is 9.37. The summed E-state index contributed by atoms with van der Waals surface area (Å²) in [6.07, 6.45) is 9.30. The Kier molecular flexibility index (Phi) is 6.20. The first-order chi connectivity index (χ1) is 6.83. The number of ether oxygens (including phenoxy) is 1. The van der Waals surface area contributed by atoms with Gasteiger partial charge in [-0.3, -0.25) is 0 Å². The average molecular weight is 200 g/mol.